The summed E-state index contributed by atoms with van der Waals surface area (Å²) >= 11 is 12.0. The Labute approximate surface area is 129 Å². The normalized spacial score (nSPS) is 10.7. The molecule has 2 rings (SSSR count). The average Bonchev–Trinajstić information content (AvgIpc) is 2.44. The van der Waals surface area contributed by atoms with Crippen molar-refractivity contribution in [3.05, 3.63) is 50.9 Å². The second-order valence-corrected chi connectivity index (χ2v) is 5.40. The Morgan fingerprint density at radius 1 is 1.15 bits per heavy atom. The minimum Gasteiger partial charge on any atom is -0.373 e. The fourth-order valence-corrected chi connectivity index (χ4v) is 2.43. The third-order valence-electron chi connectivity index (χ3n) is 3.21. The van der Waals surface area contributed by atoms with Gasteiger partial charge in [-0.25, -0.2) is 9.97 Å². The molecule has 1 aromatic heterocycles. The van der Waals surface area contributed by atoms with Crippen molar-refractivity contribution < 1.29 is 0 Å². The Bertz CT molecular complexity index is 602. The van der Waals surface area contributed by atoms with Crippen LogP contribution in [0.4, 0.5) is 5.82 Å². The van der Waals surface area contributed by atoms with Crippen LogP contribution in [0.2, 0.25) is 10.0 Å². The first-order chi connectivity index (χ1) is 9.55. The minimum absolute atomic E-state index is 0.556. The summed E-state index contributed by atoms with van der Waals surface area (Å²) in [5, 5.41) is 4.24. The molecular weight excluding hydrogens is 293 g/mol. The van der Waals surface area contributed by atoms with Crippen molar-refractivity contribution in [2.24, 2.45) is 0 Å². The van der Waals surface area contributed by atoms with Gasteiger partial charge in [0, 0.05) is 24.7 Å². The number of benzene rings is 1. The van der Waals surface area contributed by atoms with Crippen molar-refractivity contribution in [2.45, 2.75) is 26.7 Å². The summed E-state index contributed by atoms with van der Waals surface area (Å²) in [6, 6.07) is 5.60. The highest BCUT2D eigenvalue weighted by atomic mass is 35.5. The number of aryl methyl sites for hydroxylation is 1. The van der Waals surface area contributed by atoms with E-state index in [1.54, 1.807) is 6.07 Å². The van der Waals surface area contributed by atoms with E-state index in [1.165, 1.54) is 0 Å². The highest BCUT2D eigenvalue weighted by molar-refractivity contribution is 6.42. The van der Waals surface area contributed by atoms with E-state index in [9.17, 15) is 0 Å². The van der Waals surface area contributed by atoms with Gasteiger partial charge in [0.25, 0.3) is 0 Å². The molecule has 0 amide bonds. The predicted molar refractivity (Wildman–Crippen MR) is 85.0 cm³/mol. The number of nitrogens with zero attached hydrogens (tertiary/aromatic N) is 2. The first-order valence-electron chi connectivity index (χ1n) is 6.53. The van der Waals surface area contributed by atoms with Gasteiger partial charge in [0.05, 0.1) is 10.0 Å². The van der Waals surface area contributed by atoms with Crippen molar-refractivity contribution in [1.82, 2.24) is 9.97 Å². The SMILES string of the molecule is CCc1nc(Cc2ccc(Cl)c(Cl)c2)nc(NC)c1C. The summed E-state index contributed by atoms with van der Waals surface area (Å²) in [5.74, 6) is 1.67. The summed E-state index contributed by atoms with van der Waals surface area (Å²) in [5.41, 5.74) is 3.22. The maximum Gasteiger partial charge on any atom is 0.135 e. The molecule has 0 atom stereocenters. The highest BCUT2D eigenvalue weighted by Gasteiger charge is 2.10. The van der Waals surface area contributed by atoms with E-state index in [0.717, 1.165) is 34.9 Å². The molecule has 0 unspecified atom stereocenters. The van der Waals surface area contributed by atoms with Crippen molar-refractivity contribution >= 4 is 29.0 Å². The third kappa shape index (κ3) is 3.22. The van der Waals surface area contributed by atoms with Gasteiger partial charge in [-0.15, -0.1) is 0 Å². The minimum atomic E-state index is 0.556. The second-order valence-electron chi connectivity index (χ2n) is 4.59. The Balaban J connectivity index is 2.35. The van der Waals surface area contributed by atoms with Gasteiger partial charge in [0.1, 0.15) is 11.6 Å². The number of hydrogen-bond acceptors (Lipinski definition) is 3. The lowest BCUT2D eigenvalue weighted by Gasteiger charge is -2.11. The van der Waals surface area contributed by atoms with Crippen LogP contribution >= 0.6 is 23.2 Å². The standard InChI is InChI=1S/C15H17Cl2N3/c1-4-13-9(2)15(18-3)20-14(19-13)8-10-5-6-11(16)12(17)7-10/h5-7H,4,8H2,1-3H3,(H,18,19,20). The number of hydrogen-bond donors (Lipinski definition) is 1. The summed E-state index contributed by atoms with van der Waals surface area (Å²) in [4.78, 5) is 9.17. The molecule has 2 aromatic rings. The zero-order chi connectivity index (χ0) is 14.7. The van der Waals surface area contributed by atoms with Crippen LogP contribution in [-0.4, -0.2) is 17.0 Å². The molecule has 0 aliphatic heterocycles. The molecule has 106 valence electrons. The zero-order valence-corrected chi connectivity index (χ0v) is 13.3. The molecular formula is C15H17Cl2N3. The van der Waals surface area contributed by atoms with Crippen LogP contribution in [0.3, 0.4) is 0 Å². The Hall–Kier alpha value is -1.32. The van der Waals surface area contributed by atoms with Crippen molar-refractivity contribution in [1.29, 1.82) is 0 Å². The van der Waals surface area contributed by atoms with Crippen LogP contribution in [0, 0.1) is 6.92 Å². The fraction of sp³-hybridized carbons (Fsp3) is 0.333. The third-order valence-corrected chi connectivity index (χ3v) is 3.95. The lowest BCUT2D eigenvalue weighted by Crippen LogP contribution is -2.07. The molecule has 0 spiro atoms. The van der Waals surface area contributed by atoms with Crippen LogP contribution in [0.15, 0.2) is 18.2 Å². The maximum atomic E-state index is 6.04. The number of rotatable bonds is 4. The number of aromatic nitrogens is 2. The van der Waals surface area contributed by atoms with Gasteiger partial charge < -0.3 is 5.32 Å². The van der Waals surface area contributed by atoms with Gasteiger partial charge in [-0.05, 0) is 31.0 Å². The zero-order valence-electron chi connectivity index (χ0n) is 11.8. The van der Waals surface area contributed by atoms with E-state index in [-0.39, 0.29) is 0 Å². The molecule has 0 radical (unpaired) electrons. The maximum absolute atomic E-state index is 6.04. The van der Waals surface area contributed by atoms with Crippen LogP contribution < -0.4 is 5.32 Å². The lowest BCUT2D eigenvalue weighted by molar-refractivity contribution is 0.891. The molecule has 0 aliphatic rings. The Morgan fingerprint density at radius 2 is 1.90 bits per heavy atom. The number of halogens is 2. The molecule has 1 N–H and O–H groups in total. The lowest BCUT2D eigenvalue weighted by atomic mass is 10.1. The van der Waals surface area contributed by atoms with E-state index in [2.05, 4.69) is 22.2 Å². The number of nitrogens with one attached hydrogen (secondary N) is 1. The van der Waals surface area contributed by atoms with Gasteiger partial charge in [0.15, 0.2) is 0 Å². The number of anilines is 1. The largest absolute Gasteiger partial charge is 0.373 e. The summed E-state index contributed by atoms with van der Waals surface area (Å²) in [7, 11) is 1.87. The van der Waals surface area contributed by atoms with E-state index in [1.807, 2.05) is 26.1 Å². The average molecular weight is 310 g/mol. The van der Waals surface area contributed by atoms with Crippen LogP contribution in [-0.2, 0) is 12.8 Å². The van der Waals surface area contributed by atoms with Crippen molar-refractivity contribution in [2.75, 3.05) is 12.4 Å². The molecule has 1 heterocycles. The van der Waals surface area contributed by atoms with E-state index in [4.69, 9.17) is 23.2 Å². The molecule has 0 fully saturated rings. The first kappa shape index (κ1) is 15.1. The Kier molecular flexibility index (Phi) is 4.84. The molecule has 0 saturated carbocycles. The van der Waals surface area contributed by atoms with Crippen molar-refractivity contribution in [3.63, 3.8) is 0 Å². The molecule has 5 heteroatoms. The highest BCUT2D eigenvalue weighted by Crippen LogP contribution is 2.24. The first-order valence-corrected chi connectivity index (χ1v) is 7.28. The molecule has 0 bridgehead atoms. The van der Waals surface area contributed by atoms with Crippen LogP contribution in [0.1, 0.15) is 29.6 Å². The fourth-order valence-electron chi connectivity index (χ4n) is 2.11. The molecule has 1 aromatic carbocycles. The van der Waals surface area contributed by atoms with Crippen molar-refractivity contribution in [3.8, 4) is 0 Å². The molecule has 20 heavy (non-hydrogen) atoms. The van der Waals surface area contributed by atoms with Gasteiger partial charge in [-0.2, -0.15) is 0 Å². The molecule has 3 nitrogen and oxygen atoms in total. The molecule has 0 saturated heterocycles. The van der Waals surface area contributed by atoms with Gasteiger partial charge in [-0.1, -0.05) is 36.2 Å². The van der Waals surface area contributed by atoms with E-state index in [0.29, 0.717) is 16.5 Å². The van der Waals surface area contributed by atoms with E-state index >= 15 is 0 Å². The van der Waals surface area contributed by atoms with Gasteiger partial charge >= 0.3 is 0 Å². The van der Waals surface area contributed by atoms with Gasteiger partial charge in [0.2, 0.25) is 0 Å². The molecule has 0 aliphatic carbocycles. The van der Waals surface area contributed by atoms with E-state index < -0.39 is 0 Å². The summed E-state index contributed by atoms with van der Waals surface area (Å²) in [6.45, 7) is 4.13. The van der Waals surface area contributed by atoms with Gasteiger partial charge in [-0.3, -0.25) is 0 Å². The predicted octanol–water partition coefficient (Wildman–Crippen LogP) is 4.29. The monoisotopic (exact) mass is 309 g/mol. The topological polar surface area (TPSA) is 37.8 Å². The van der Waals surface area contributed by atoms with Crippen LogP contribution in [0.25, 0.3) is 0 Å². The Morgan fingerprint density at radius 3 is 2.50 bits per heavy atom. The quantitative estimate of drug-likeness (QED) is 0.915. The summed E-state index contributed by atoms with van der Waals surface area (Å²) < 4.78 is 0. The van der Waals surface area contributed by atoms with Crippen LogP contribution in [0.5, 0.6) is 0 Å². The second kappa shape index (κ2) is 6.42. The summed E-state index contributed by atoms with van der Waals surface area (Å²) in [6.07, 6.45) is 1.52. The smallest absolute Gasteiger partial charge is 0.135 e.